The molecular weight excluding hydrogens is 430 g/mol. The summed E-state index contributed by atoms with van der Waals surface area (Å²) in [6.07, 6.45) is 1.17. The van der Waals surface area contributed by atoms with E-state index in [1.54, 1.807) is 0 Å². The number of imide groups is 1. The van der Waals surface area contributed by atoms with E-state index in [1.807, 2.05) is 0 Å². The maximum atomic E-state index is 12.5. The number of amides is 3. The lowest BCUT2D eigenvalue weighted by molar-refractivity contribution is -0.385. The Morgan fingerprint density at radius 2 is 1.88 bits per heavy atom. The smallest absolute Gasteiger partial charge is 0.333 e. The molecule has 1 aliphatic rings. The molecule has 26 heavy (non-hydrogen) atoms. The summed E-state index contributed by atoms with van der Waals surface area (Å²) in [6, 6.07) is 7.61. The topological polar surface area (TPSA) is 113 Å². The number of benzene rings is 2. The van der Waals surface area contributed by atoms with E-state index >= 15 is 0 Å². The van der Waals surface area contributed by atoms with Gasteiger partial charge in [0.1, 0.15) is 11.4 Å². The van der Waals surface area contributed by atoms with E-state index in [2.05, 4.69) is 21.2 Å². The number of nitro benzene ring substituents is 1. The number of urea groups is 1. The number of nitrogens with one attached hydrogen (secondary N) is 1. The number of halogens is 2. The summed E-state index contributed by atoms with van der Waals surface area (Å²) in [5.41, 5.74) is -0.0991. The normalized spacial score (nSPS) is 15.5. The second-order valence-corrected chi connectivity index (χ2v) is 6.52. The number of aromatic hydroxyl groups is 1. The van der Waals surface area contributed by atoms with E-state index in [0.29, 0.717) is 10.7 Å². The lowest BCUT2D eigenvalue weighted by Crippen LogP contribution is -2.30. The average Bonchev–Trinajstić information content (AvgIpc) is 2.86. The molecule has 0 unspecified atom stereocenters. The fourth-order valence-corrected chi connectivity index (χ4v) is 2.93. The first kappa shape index (κ1) is 17.9. The van der Waals surface area contributed by atoms with E-state index in [9.17, 15) is 24.8 Å². The molecule has 10 heteroatoms. The number of non-ortho nitro benzene ring substituents is 1. The number of hydrogen-bond acceptors (Lipinski definition) is 5. The van der Waals surface area contributed by atoms with Crippen LogP contribution < -0.4 is 10.2 Å². The Balaban J connectivity index is 2.01. The molecule has 3 amide bonds. The summed E-state index contributed by atoms with van der Waals surface area (Å²) in [6.45, 7) is 0. The van der Waals surface area contributed by atoms with Gasteiger partial charge >= 0.3 is 6.03 Å². The van der Waals surface area contributed by atoms with Gasteiger partial charge in [-0.3, -0.25) is 14.9 Å². The zero-order valence-corrected chi connectivity index (χ0v) is 15.1. The monoisotopic (exact) mass is 437 g/mol. The van der Waals surface area contributed by atoms with Gasteiger partial charge in [-0.2, -0.15) is 0 Å². The van der Waals surface area contributed by atoms with E-state index in [4.69, 9.17) is 11.6 Å². The minimum Gasteiger partial charge on any atom is -0.506 e. The highest BCUT2D eigenvalue weighted by Crippen LogP contribution is 2.34. The van der Waals surface area contributed by atoms with Crippen molar-refractivity contribution in [2.75, 3.05) is 4.90 Å². The fraction of sp³-hybridized carbons (Fsp3) is 0. The SMILES string of the molecule is O=C1N/C(=C/c2cc([N+](=O)[O-])cc(Br)c2O)C(=O)N1c1ccc(Cl)cc1. The predicted molar refractivity (Wildman–Crippen MR) is 97.9 cm³/mol. The number of phenolic OH excluding ortho intramolecular Hbond substituents is 1. The van der Waals surface area contributed by atoms with E-state index in [-0.39, 0.29) is 27.2 Å². The second-order valence-electron chi connectivity index (χ2n) is 5.23. The molecule has 1 fully saturated rings. The first-order chi connectivity index (χ1) is 12.3. The number of nitro groups is 1. The molecule has 1 aliphatic heterocycles. The third-order valence-electron chi connectivity index (χ3n) is 3.55. The summed E-state index contributed by atoms with van der Waals surface area (Å²) >= 11 is 8.82. The van der Waals surface area contributed by atoms with Gasteiger partial charge in [0.15, 0.2) is 0 Å². The lowest BCUT2D eigenvalue weighted by atomic mass is 10.1. The summed E-state index contributed by atoms with van der Waals surface area (Å²) in [4.78, 5) is 35.9. The highest BCUT2D eigenvalue weighted by Gasteiger charge is 2.35. The van der Waals surface area contributed by atoms with Gasteiger partial charge in [0.25, 0.3) is 11.6 Å². The quantitative estimate of drug-likeness (QED) is 0.327. The van der Waals surface area contributed by atoms with Crippen LogP contribution in [0.15, 0.2) is 46.6 Å². The number of carbonyl (C=O) groups is 2. The molecule has 0 saturated carbocycles. The predicted octanol–water partition coefficient (Wildman–Crippen LogP) is 3.81. The van der Waals surface area contributed by atoms with Crippen molar-refractivity contribution < 1.29 is 19.6 Å². The standard InChI is InChI=1S/C16H9BrClN3O5/c17-12-7-11(21(25)26)5-8(14(12)22)6-13-15(23)20(16(24)19-13)10-3-1-9(18)2-4-10/h1-7,22H,(H,19,24)/b13-6+. The Morgan fingerprint density at radius 1 is 1.23 bits per heavy atom. The first-order valence-electron chi connectivity index (χ1n) is 7.07. The molecule has 2 aromatic rings. The van der Waals surface area contributed by atoms with Gasteiger partial charge < -0.3 is 10.4 Å². The Labute approximate surface area is 160 Å². The van der Waals surface area contributed by atoms with Crippen molar-refractivity contribution in [2.45, 2.75) is 0 Å². The maximum Gasteiger partial charge on any atom is 0.333 e. The van der Waals surface area contributed by atoms with E-state index < -0.39 is 16.9 Å². The lowest BCUT2D eigenvalue weighted by Gasteiger charge is -2.11. The van der Waals surface area contributed by atoms with Gasteiger partial charge in [-0.1, -0.05) is 11.6 Å². The summed E-state index contributed by atoms with van der Waals surface area (Å²) in [5.74, 6) is -0.963. The molecular formula is C16H9BrClN3O5. The van der Waals surface area contributed by atoms with Crippen LogP contribution in [-0.2, 0) is 4.79 Å². The molecule has 0 aromatic heterocycles. The van der Waals surface area contributed by atoms with Gasteiger partial charge in [-0.15, -0.1) is 0 Å². The van der Waals surface area contributed by atoms with Gasteiger partial charge in [-0.05, 0) is 46.3 Å². The van der Waals surface area contributed by atoms with Crippen LogP contribution in [0.2, 0.25) is 5.02 Å². The molecule has 0 radical (unpaired) electrons. The van der Waals surface area contributed by atoms with Crippen LogP contribution in [0.5, 0.6) is 5.75 Å². The van der Waals surface area contributed by atoms with Crippen LogP contribution in [0.1, 0.15) is 5.56 Å². The maximum absolute atomic E-state index is 12.5. The average molecular weight is 439 g/mol. The Bertz CT molecular complexity index is 975. The van der Waals surface area contributed by atoms with Gasteiger partial charge in [0, 0.05) is 22.7 Å². The third-order valence-corrected chi connectivity index (χ3v) is 4.41. The first-order valence-corrected chi connectivity index (χ1v) is 8.24. The van der Waals surface area contributed by atoms with Crippen molar-refractivity contribution in [3.8, 4) is 5.75 Å². The Kier molecular flexibility index (Phi) is 4.66. The number of hydrogen-bond donors (Lipinski definition) is 2. The van der Waals surface area contributed by atoms with Crippen molar-refractivity contribution in [1.29, 1.82) is 0 Å². The molecule has 1 heterocycles. The molecule has 0 aliphatic carbocycles. The second kappa shape index (κ2) is 6.77. The highest BCUT2D eigenvalue weighted by atomic mass is 79.9. The van der Waals surface area contributed by atoms with Crippen molar-refractivity contribution >= 4 is 56.9 Å². The molecule has 1 saturated heterocycles. The Hall–Kier alpha value is -2.91. The number of carbonyl (C=O) groups excluding carboxylic acids is 2. The summed E-state index contributed by atoms with van der Waals surface area (Å²) in [7, 11) is 0. The van der Waals surface area contributed by atoms with Gasteiger partial charge in [0.2, 0.25) is 0 Å². The molecule has 2 aromatic carbocycles. The van der Waals surface area contributed by atoms with Gasteiger partial charge in [0.05, 0.1) is 15.1 Å². The molecule has 132 valence electrons. The Morgan fingerprint density at radius 3 is 2.50 bits per heavy atom. The molecule has 2 N–H and O–H groups in total. The zero-order valence-electron chi connectivity index (χ0n) is 12.8. The van der Waals surface area contributed by atoms with Gasteiger partial charge in [-0.25, -0.2) is 9.69 Å². The molecule has 3 rings (SSSR count). The zero-order chi connectivity index (χ0) is 19.0. The third kappa shape index (κ3) is 3.26. The van der Waals surface area contributed by atoms with E-state index in [0.717, 1.165) is 17.0 Å². The number of anilines is 1. The number of rotatable bonds is 3. The van der Waals surface area contributed by atoms with Crippen molar-refractivity contribution in [3.63, 3.8) is 0 Å². The van der Waals surface area contributed by atoms with Crippen LogP contribution in [-0.4, -0.2) is 22.0 Å². The van der Waals surface area contributed by atoms with Crippen LogP contribution in [0.3, 0.4) is 0 Å². The molecule has 0 spiro atoms. The van der Waals surface area contributed by atoms with Crippen molar-refractivity contribution in [1.82, 2.24) is 5.32 Å². The van der Waals surface area contributed by atoms with Crippen molar-refractivity contribution in [2.24, 2.45) is 0 Å². The van der Waals surface area contributed by atoms with Crippen LogP contribution in [0, 0.1) is 10.1 Å². The molecule has 0 bridgehead atoms. The van der Waals surface area contributed by atoms with Crippen LogP contribution in [0.4, 0.5) is 16.2 Å². The largest absolute Gasteiger partial charge is 0.506 e. The van der Waals surface area contributed by atoms with Crippen LogP contribution >= 0.6 is 27.5 Å². The molecule has 0 atom stereocenters. The molecule has 8 nitrogen and oxygen atoms in total. The highest BCUT2D eigenvalue weighted by molar-refractivity contribution is 9.10. The fourth-order valence-electron chi connectivity index (χ4n) is 2.34. The summed E-state index contributed by atoms with van der Waals surface area (Å²) in [5, 5.41) is 23.9. The summed E-state index contributed by atoms with van der Waals surface area (Å²) < 4.78 is 0.0879. The van der Waals surface area contributed by atoms with E-state index in [1.165, 1.54) is 30.3 Å². The minimum absolute atomic E-state index is 0.00711. The van der Waals surface area contributed by atoms with Crippen LogP contribution in [0.25, 0.3) is 6.08 Å². The number of phenols is 1. The minimum atomic E-state index is -0.687. The number of nitrogens with zero attached hydrogens (tertiary/aromatic N) is 2. The van der Waals surface area contributed by atoms with Crippen molar-refractivity contribution in [3.05, 3.63) is 67.3 Å².